The molecule has 0 spiro atoms. The highest BCUT2D eigenvalue weighted by Gasteiger charge is 2.26. The molecule has 1 saturated heterocycles. The summed E-state index contributed by atoms with van der Waals surface area (Å²) in [5, 5.41) is 0. The third-order valence-corrected chi connectivity index (χ3v) is 2.30. The van der Waals surface area contributed by atoms with Crippen molar-refractivity contribution >= 4 is 7.12 Å². The first-order chi connectivity index (χ1) is 6.38. The van der Waals surface area contributed by atoms with E-state index in [1.807, 2.05) is 0 Å². The van der Waals surface area contributed by atoms with Crippen LogP contribution in [0.3, 0.4) is 0 Å². The highest BCUT2D eigenvalue weighted by atomic mass is 16.6. The lowest BCUT2D eigenvalue weighted by atomic mass is 9.76. The van der Waals surface area contributed by atoms with Crippen molar-refractivity contribution in [2.45, 2.75) is 39.5 Å². The molecule has 13 heavy (non-hydrogen) atoms. The SMILES string of the molecule is CCCCC=C(CC)B1OCCO1. The Morgan fingerprint density at radius 3 is 2.54 bits per heavy atom. The van der Waals surface area contributed by atoms with E-state index < -0.39 is 0 Å². The van der Waals surface area contributed by atoms with Gasteiger partial charge in [-0.2, -0.15) is 0 Å². The smallest absolute Gasteiger partial charge is 0.405 e. The average molecular weight is 182 g/mol. The molecule has 1 aliphatic heterocycles. The molecule has 0 amide bonds. The Hall–Kier alpha value is -0.275. The van der Waals surface area contributed by atoms with Gasteiger partial charge in [-0.05, 0) is 18.3 Å². The molecule has 0 aromatic carbocycles. The predicted octanol–water partition coefficient (Wildman–Crippen LogP) is 2.59. The van der Waals surface area contributed by atoms with Crippen LogP contribution in [0.2, 0.25) is 0 Å². The van der Waals surface area contributed by atoms with Crippen LogP contribution in [0.1, 0.15) is 39.5 Å². The van der Waals surface area contributed by atoms with E-state index in [2.05, 4.69) is 19.9 Å². The van der Waals surface area contributed by atoms with E-state index in [9.17, 15) is 0 Å². The standard InChI is InChI=1S/C10H19BO2/c1-3-5-6-7-10(4-2)11-12-8-9-13-11/h7H,3-6,8-9H2,1-2H3. The van der Waals surface area contributed by atoms with Crippen LogP contribution >= 0.6 is 0 Å². The molecule has 1 aliphatic rings. The average Bonchev–Trinajstić information content (AvgIpc) is 2.65. The van der Waals surface area contributed by atoms with Crippen molar-refractivity contribution in [2.75, 3.05) is 13.2 Å². The van der Waals surface area contributed by atoms with E-state index in [1.54, 1.807) is 0 Å². The zero-order valence-corrected chi connectivity index (χ0v) is 8.71. The molecule has 0 radical (unpaired) electrons. The molecular formula is C10H19BO2. The minimum atomic E-state index is -0.0399. The number of unbranched alkanes of at least 4 members (excludes halogenated alkanes) is 2. The number of hydrogen-bond donors (Lipinski definition) is 0. The molecular weight excluding hydrogens is 163 g/mol. The topological polar surface area (TPSA) is 18.5 Å². The second-order valence-electron chi connectivity index (χ2n) is 3.35. The Morgan fingerprint density at radius 2 is 2.00 bits per heavy atom. The van der Waals surface area contributed by atoms with Crippen molar-refractivity contribution in [2.24, 2.45) is 0 Å². The lowest BCUT2D eigenvalue weighted by molar-refractivity contribution is 0.365. The van der Waals surface area contributed by atoms with Crippen molar-refractivity contribution in [3.8, 4) is 0 Å². The summed E-state index contributed by atoms with van der Waals surface area (Å²) in [5.74, 6) is 0. The molecule has 2 nitrogen and oxygen atoms in total. The molecule has 1 rings (SSSR count). The van der Waals surface area contributed by atoms with Gasteiger partial charge in [0.25, 0.3) is 0 Å². The van der Waals surface area contributed by atoms with E-state index >= 15 is 0 Å². The summed E-state index contributed by atoms with van der Waals surface area (Å²) in [6.07, 6.45) is 6.98. The van der Waals surface area contributed by atoms with Crippen molar-refractivity contribution in [1.29, 1.82) is 0 Å². The van der Waals surface area contributed by atoms with Gasteiger partial charge in [0.05, 0.1) is 13.2 Å². The highest BCUT2D eigenvalue weighted by molar-refractivity contribution is 6.54. The Balaban J connectivity index is 2.35. The quantitative estimate of drug-likeness (QED) is 0.480. The maximum atomic E-state index is 5.45. The molecule has 74 valence electrons. The maximum absolute atomic E-state index is 5.45. The molecule has 3 heteroatoms. The Morgan fingerprint density at radius 1 is 1.31 bits per heavy atom. The Kier molecular flexibility index (Phi) is 5.17. The van der Waals surface area contributed by atoms with Crippen LogP contribution in [0.4, 0.5) is 0 Å². The van der Waals surface area contributed by atoms with E-state index in [4.69, 9.17) is 9.31 Å². The summed E-state index contributed by atoms with van der Waals surface area (Å²) >= 11 is 0. The van der Waals surface area contributed by atoms with Gasteiger partial charge in [0.15, 0.2) is 0 Å². The fraction of sp³-hybridized carbons (Fsp3) is 0.800. The van der Waals surface area contributed by atoms with Gasteiger partial charge >= 0.3 is 7.12 Å². The molecule has 0 aliphatic carbocycles. The Labute approximate surface area is 81.4 Å². The van der Waals surface area contributed by atoms with Crippen LogP contribution in [-0.4, -0.2) is 20.3 Å². The molecule has 0 aromatic heterocycles. The minimum Gasteiger partial charge on any atom is -0.405 e. The summed E-state index contributed by atoms with van der Waals surface area (Å²) in [7, 11) is -0.0399. The van der Waals surface area contributed by atoms with Crippen LogP contribution in [0.15, 0.2) is 11.5 Å². The first kappa shape index (κ1) is 10.8. The molecule has 0 atom stereocenters. The van der Waals surface area contributed by atoms with E-state index in [0.717, 1.165) is 26.1 Å². The van der Waals surface area contributed by atoms with Crippen LogP contribution in [0.5, 0.6) is 0 Å². The molecule has 0 unspecified atom stereocenters. The summed E-state index contributed by atoms with van der Waals surface area (Å²) < 4.78 is 10.9. The zero-order valence-electron chi connectivity index (χ0n) is 8.71. The first-order valence-corrected chi connectivity index (χ1v) is 5.30. The van der Waals surface area contributed by atoms with Gasteiger partial charge in [-0.1, -0.05) is 32.8 Å². The Bertz CT molecular complexity index is 162. The highest BCUT2D eigenvalue weighted by Crippen LogP contribution is 2.14. The number of rotatable bonds is 5. The monoisotopic (exact) mass is 182 g/mol. The summed E-state index contributed by atoms with van der Waals surface area (Å²) in [5.41, 5.74) is 1.31. The van der Waals surface area contributed by atoms with Crippen LogP contribution in [0, 0.1) is 0 Å². The summed E-state index contributed by atoms with van der Waals surface area (Å²) in [6, 6.07) is 0. The lowest BCUT2D eigenvalue weighted by Gasteiger charge is -2.06. The predicted molar refractivity (Wildman–Crippen MR) is 55.6 cm³/mol. The van der Waals surface area contributed by atoms with Crippen molar-refractivity contribution < 1.29 is 9.31 Å². The second-order valence-corrected chi connectivity index (χ2v) is 3.35. The molecule has 0 bridgehead atoms. The van der Waals surface area contributed by atoms with Gasteiger partial charge < -0.3 is 9.31 Å². The van der Waals surface area contributed by atoms with Crippen LogP contribution in [0.25, 0.3) is 0 Å². The first-order valence-electron chi connectivity index (χ1n) is 5.30. The normalized spacial score (nSPS) is 18.3. The summed E-state index contributed by atoms with van der Waals surface area (Å²) in [4.78, 5) is 0. The van der Waals surface area contributed by atoms with Gasteiger partial charge in [0.1, 0.15) is 0 Å². The van der Waals surface area contributed by atoms with Gasteiger partial charge in [-0.25, -0.2) is 0 Å². The van der Waals surface area contributed by atoms with Crippen LogP contribution < -0.4 is 0 Å². The lowest BCUT2D eigenvalue weighted by Crippen LogP contribution is -2.17. The van der Waals surface area contributed by atoms with Crippen LogP contribution in [-0.2, 0) is 9.31 Å². The fourth-order valence-electron chi connectivity index (χ4n) is 1.47. The van der Waals surface area contributed by atoms with Gasteiger partial charge in [-0.3, -0.25) is 0 Å². The third-order valence-electron chi connectivity index (χ3n) is 2.30. The van der Waals surface area contributed by atoms with Crippen molar-refractivity contribution in [1.82, 2.24) is 0 Å². The van der Waals surface area contributed by atoms with Gasteiger partial charge in [0, 0.05) is 0 Å². The largest absolute Gasteiger partial charge is 0.489 e. The molecule has 0 aromatic rings. The van der Waals surface area contributed by atoms with Gasteiger partial charge in [0.2, 0.25) is 0 Å². The second kappa shape index (κ2) is 6.22. The minimum absolute atomic E-state index is 0.0399. The maximum Gasteiger partial charge on any atom is 0.489 e. The zero-order chi connectivity index (χ0) is 9.52. The van der Waals surface area contributed by atoms with Gasteiger partial charge in [-0.15, -0.1) is 0 Å². The number of allylic oxidation sites excluding steroid dienone is 2. The molecule has 0 saturated carbocycles. The van der Waals surface area contributed by atoms with E-state index in [1.165, 1.54) is 18.3 Å². The third kappa shape index (κ3) is 3.53. The van der Waals surface area contributed by atoms with E-state index in [0.29, 0.717) is 0 Å². The van der Waals surface area contributed by atoms with Crippen molar-refractivity contribution in [3.63, 3.8) is 0 Å². The molecule has 0 N–H and O–H groups in total. The van der Waals surface area contributed by atoms with E-state index in [-0.39, 0.29) is 7.12 Å². The number of hydrogen-bond acceptors (Lipinski definition) is 2. The molecule has 1 heterocycles. The summed E-state index contributed by atoms with van der Waals surface area (Å²) in [6.45, 7) is 5.86. The fourth-order valence-corrected chi connectivity index (χ4v) is 1.47. The van der Waals surface area contributed by atoms with Crippen molar-refractivity contribution in [3.05, 3.63) is 11.5 Å². The molecule has 1 fully saturated rings.